The van der Waals surface area contributed by atoms with Gasteiger partial charge in [-0.2, -0.15) is 5.10 Å². The number of nitrogens with zero attached hydrogens (tertiary/aromatic N) is 3. The second-order valence-electron chi connectivity index (χ2n) is 5.73. The van der Waals surface area contributed by atoms with Gasteiger partial charge in [-0.15, -0.1) is 0 Å². The van der Waals surface area contributed by atoms with E-state index in [2.05, 4.69) is 0 Å². The van der Waals surface area contributed by atoms with Gasteiger partial charge in [0.05, 0.1) is 22.7 Å². The number of benzene rings is 2. The highest BCUT2D eigenvalue weighted by Gasteiger charge is 2.32. The number of aromatic nitrogens is 2. The Morgan fingerprint density at radius 1 is 1.14 bits per heavy atom. The Hall–Kier alpha value is -2.69. The van der Waals surface area contributed by atoms with Crippen molar-refractivity contribution in [3.8, 4) is 0 Å². The van der Waals surface area contributed by atoms with Gasteiger partial charge in [0, 0.05) is 12.0 Å². The van der Waals surface area contributed by atoms with Crippen molar-refractivity contribution < 1.29 is 4.92 Å². The average molecular weight is 293 g/mol. The van der Waals surface area contributed by atoms with Crippen LogP contribution in [0.15, 0.2) is 48.5 Å². The monoisotopic (exact) mass is 293 g/mol. The number of nitro groups is 1. The summed E-state index contributed by atoms with van der Waals surface area (Å²) in [6.45, 7) is 0.630. The first-order chi connectivity index (χ1) is 10.7. The van der Waals surface area contributed by atoms with Crippen LogP contribution in [0.3, 0.4) is 0 Å². The van der Waals surface area contributed by atoms with Gasteiger partial charge in [0.25, 0.3) is 5.69 Å². The minimum Gasteiger partial charge on any atom is -0.260 e. The van der Waals surface area contributed by atoms with E-state index in [0.29, 0.717) is 17.8 Å². The van der Waals surface area contributed by atoms with Gasteiger partial charge in [-0.3, -0.25) is 14.8 Å². The van der Waals surface area contributed by atoms with Crippen LogP contribution < -0.4 is 0 Å². The molecule has 22 heavy (non-hydrogen) atoms. The fourth-order valence-corrected chi connectivity index (χ4v) is 2.91. The summed E-state index contributed by atoms with van der Waals surface area (Å²) in [6.07, 6.45) is 2.15. The van der Waals surface area contributed by atoms with Gasteiger partial charge in [0.2, 0.25) is 0 Å². The lowest BCUT2D eigenvalue weighted by Gasteiger charge is -2.03. The summed E-state index contributed by atoms with van der Waals surface area (Å²) in [6, 6.07) is 15.3. The molecule has 3 aromatic rings. The van der Waals surface area contributed by atoms with E-state index in [4.69, 9.17) is 5.10 Å². The van der Waals surface area contributed by atoms with Crippen LogP contribution in [0.2, 0.25) is 0 Å². The van der Waals surface area contributed by atoms with Crippen LogP contribution in [-0.2, 0) is 6.54 Å². The fourth-order valence-electron chi connectivity index (χ4n) is 2.91. The first kappa shape index (κ1) is 13.0. The molecular weight excluding hydrogens is 278 g/mol. The van der Waals surface area contributed by atoms with Crippen molar-refractivity contribution in [3.05, 3.63) is 69.9 Å². The van der Waals surface area contributed by atoms with Crippen LogP contribution in [0.25, 0.3) is 10.9 Å². The van der Waals surface area contributed by atoms with E-state index in [1.54, 1.807) is 12.1 Å². The molecule has 1 aromatic heterocycles. The van der Waals surface area contributed by atoms with Crippen LogP contribution in [0, 0.1) is 10.1 Å². The van der Waals surface area contributed by atoms with Crippen molar-refractivity contribution in [2.45, 2.75) is 25.3 Å². The van der Waals surface area contributed by atoms with Gasteiger partial charge >= 0.3 is 0 Å². The summed E-state index contributed by atoms with van der Waals surface area (Å²) in [7, 11) is 0. The second kappa shape index (κ2) is 4.94. The highest BCUT2D eigenvalue weighted by atomic mass is 16.6. The lowest BCUT2D eigenvalue weighted by molar-refractivity contribution is -0.383. The molecule has 1 aliphatic carbocycles. The molecule has 2 aromatic carbocycles. The van der Waals surface area contributed by atoms with E-state index in [1.165, 1.54) is 0 Å². The molecule has 5 heteroatoms. The van der Waals surface area contributed by atoms with E-state index in [0.717, 1.165) is 29.6 Å². The van der Waals surface area contributed by atoms with Crippen molar-refractivity contribution in [3.63, 3.8) is 0 Å². The lowest BCUT2D eigenvalue weighted by atomic mass is 10.1. The SMILES string of the molecule is O=[N+]([O-])c1cccc2c1c(C1CC1)nn2Cc1ccccc1. The van der Waals surface area contributed by atoms with E-state index >= 15 is 0 Å². The molecule has 1 saturated carbocycles. The Morgan fingerprint density at radius 3 is 2.59 bits per heavy atom. The van der Waals surface area contributed by atoms with Gasteiger partial charge in [-0.25, -0.2) is 0 Å². The largest absolute Gasteiger partial charge is 0.280 e. The van der Waals surface area contributed by atoms with Gasteiger partial charge in [-0.05, 0) is 24.5 Å². The zero-order chi connectivity index (χ0) is 15.1. The first-order valence-electron chi connectivity index (χ1n) is 7.42. The summed E-state index contributed by atoms with van der Waals surface area (Å²) in [4.78, 5) is 11.0. The number of non-ortho nitro benzene ring substituents is 1. The Labute approximate surface area is 127 Å². The molecule has 5 nitrogen and oxygen atoms in total. The maximum Gasteiger partial charge on any atom is 0.280 e. The van der Waals surface area contributed by atoms with Crippen molar-refractivity contribution in [1.29, 1.82) is 0 Å². The van der Waals surface area contributed by atoms with Crippen LogP contribution in [0.1, 0.15) is 30.0 Å². The highest BCUT2D eigenvalue weighted by Crippen LogP contribution is 2.44. The fraction of sp³-hybridized carbons (Fsp3) is 0.235. The maximum absolute atomic E-state index is 11.3. The molecule has 1 heterocycles. The summed E-state index contributed by atoms with van der Waals surface area (Å²) in [5.41, 5.74) is 3.04. The third-order valence-corrected chi connectivity index (χ3v) is 4.12. The molecule has 0 bridgehead atoms. The summed E-state index contributed by atoms with van der Waals surface area (Å²) >= 11 is 0. The molecule has 0 radical (unpaired) electrons. The third-order valence-electron chi connectivity index (χ3n) is 4.12. The summed E-state index contributed by atoms with van der Waals surface area (Å²) in [5, 5.41) is 16.8. The van der Waals surface area contributed by atoms with E-state index in [1.807, 2.05) is 41.1 Å². The van der Waals surface area contributed by atoms with Crippen molar-refractivity contribution in [2.24, 2.45) is 0 Å². The predicted molar refractivity (Wildman–Crippen MR) is 83.9 cm³/mol. The van der Waals surface area contributed by atoms with Crippen LogP contribution in [-0.4, -0.2) is 14.7 Å². The number of nitro benzene ring substituents is 1. The summed E-state index contributed by atoms with van der Waals surface area (Å²) < 4.78 is 1.89. The topological polar surface area (TPSA) is 61.0 Å². The number of hydrogen-bond donors (Lipinski definition) is 0. The zero-order valence-corrected chi connectivity index (χ0v) is 12.0. The average Bonchev–Trinajstić information content (AvgIpc) is 3.31. The molecule has 1 fully saturated rings. The van der Waals surface area contributed by atoms with E-state index < -0.39 is 0 Å². The summed E-state index contributed by atoms with van der Waals surface area (Å²) in [5.74, 6) is 0.376. The minimum atomic E-state index is -0.303. The smallest absolute Gasteiger partial charge is 0.260 e. The predicted octanol–water partition coefficient (Wildman–Crippen LogP) is 3.87. The Morgan fingerprint density at radius 2 is 1.91 bits per heavy atom. The molecule has 0 unspecified atom stereocenters. The first-order valence-corrected chi connectivity index (χ1v) is 7.42. The minimum absolute atomic E-state index is 0.165. The standard InChI is InChI=1S/C17H15N3O2/c21-20(22)15-8-4-7-14-16(15)17(13-9-10-13)18-19(14)11-12-5-2-1-3-6-12/h1-8,13H,9-11H2. The van der Waals surface area contributed by atoms with Gasteiger partial charge in [-0.1, -0.05) is 36.4 Å². The van der Waals surface area contributed by atoms with Gasteiger partial charge in [0.1, 0.15) is 5.39 Å². The normalized spacial score (nSPS) is 14.4. The van der Waals surface area contributed by atoms with Gasteiger partial charge in [0.15, 0.2) is 0 Å². The maximum atomic E-state index is 11.3. The molecular formula is C17H15N3O2. The number of hydrogen-bond acceptors (Lipinski definition) is 3. The lowest BCUT2D eigenvalue weighted by Crippen LogP contribution is -2.01. The third kappa shape index (κ3) is 2.15. The number of fused-ring (bicyclic) bond motifs is 1. The molecule has 110 valence electrons. The number of rotatable bonds is 4. The molecule has 0 amide bonds. The van der Waals surface area contributed by atoms with E-state index in [-0.39, 0.29) is 10.6 Å². The van der Waals surface area contributed by atoms with E-state index in [9.17, 15) is 10.1 Å². The van der Waals surface area contributed by atoms with Crippen LogP contribution in [0.5, 0.6) is 0 Å². The Bertz CT molecular complexity index is 851. The van der Waals surface area contributed by atoms with Crippen LogP contribution >= 0.6 is 0 Å². The molecule has 0 saturated heterocycles. The van der Waals surface area contributed by atoms with Crippen LogP contribution in [0.4, 0.5) is 5.69 Å². The molecule has 0 atom stereocenters. The molecule has 0 spiro atoms. The Balaban J connectivity index is 1.89. The molecule has 0 N–H and O–H groups in total. The molecule has 0 aliphatic heterocycles. The quantitative estimate of drug-likeness (QED) is 0.542. The molecule has 1 aliphatic rings. The second-order valence-corrected chi connectivity index (χ2v) is 5.73. The highest BCUT2D eigenvalue weighted by molar-refractivity contribution is 5.91. The molecule has 4 rings (SSSR count). The van der Waals surface area contributed by atoms with Crippen molar-refractivity contribution in [1.82, 2.24) is 9.78 Å². The zero-order valence-electron chi connectivity index (χ0n) is 12.0. The van der Waals surface area contributed by atoms with Crippen molar-refractivity contribution in [2.75, 3.05) is 0 Å². The Kier molecular flexibility index (Phi) is 2.92. The van der Waals surface area contributed by atoms with Gasteiger partial charge < -0.3 is 0 Å². The van der Waals surface area contributed by atoms with Crippen molar-refractivity contribution >= 4 is 16.6 Å².